The molecule has 3 heterocycles. The topological polar surface area (TPSA) is 123 Å². The minimum absolute atomic E-state index is 0.0897. The first kappa shape index (κ1) is 17.4. The lowest BCUT2D eigenvalue weighted by Crippen LogP contribution is -2.09. The zero-order valence-electron chi connectivity index (χ0n) is 13.4. The van der Waals surface area contributed by atoms with E-state index in [0.29, 0.717) is 33.0 Å². The SMILES string of the molecule is COc1nc(Cn2nnc3c(Br)nc(N)nc32)c(Cl)c(OC)c1OC. The zero-order valence-corrected chi connectivity index (χ0v) is 15.8. The maximum Gasteiger partial charge on any atom is 0.261 e. The summed E-state index contributed by atoms with van der Waals surface area (Å²) in [4.78, 5) is 12.5. The highest BCUT2D eigenvalue weighted by molar-refractivity contribution is 9.10. The van der Waals surface area contributed by atoms with Crippen molar-refractivity contribution >= 4 is 44.6 Å². The number of ether oxygens (including phenoxy) is 3. The van der Waals surface area contributed by atoms with Crippen LogP contribution in [0.1, 0.15) is 5.69 Å². The van der Waals surface area contributed by atoms with E-state index in [1.54, 1.807) is 0 Å². The van der Waals surface area contributed by atoms with Crippen LogP contribution < -0.4 is 19.9 Å². The van der Waals surface area contributed by atoms with Crippen molar-refractivity contribution in [2.24, 2.45) is 0 Å². The fourth-order valence-corrected chi connectivity index (χ4v) is 2.95. The number of methoxy groups -OCH3 is 3. The minimum Gasteiger partial charge on any atom is -0.491 e. The number of fused-ring (bicyclic) bond motifs is 1. The molecule has 0 atom stereocenters. The lowest BCUT2D eigenvalue weighted by atomic mass is 10.3. The highest BCUT2D eigenvalue weighted by Gasteiger charge is 2.22. The van der Waals surface area contributed by atoms with E-state index in [0.717, 1.165) is 0 Å². The molecule has 12 heteroatoms. The van der Waals surface area contributed by atoms with Gasteiger partial charge in [0.25, 0.3) is 5.88 Å². The molecule has 2 N–H and O–H groups in total. The first-order chi connectivity index (χ1) is 12.0. The van der Waals surface area contributed by atoms with Crippen molar-refractivity contribution in [1.29, 1.82) is 0 Å². The van der Waals surface area contributed by atoms with Crippen molar-refractivity contribution in [2.75, 3.05) is 27.1 Å². The van der Waals surface area contributed by atoms with Gasteiger partial charge in [0.05, 0.1) is 33.6 Å². The lowest BCUT2D eigenvalue weighted by Gasteiger charge is -2.15. The molecule has 25 heavy (non-hydrogen) atoms. The predicted molar refractivity (Wildman–Crippen MR) is 93.2 cm³/mol. The minimum atomic E-state index is 0.0897. The van der Waals surface area contributed by atoms with Crippen LogP contribution in [0.3, 0.4) is 0 Å². The van der Waals surface area contributed by atoms with Crippen LogP contribution in [0, 0.1) is 0 Å². The van der Waals surface area contributed by atoms with E-state index in [1.807, 2.05) is 0 Å². The molecule has 0 amide bonds. The first-order valence-corrected chi connectivity index (χ1v) is 8.03. The van der Waals surface area contributed by atoms with E-state index in [-0.39, 0.29) is 23.4 Å². The van der Waals surface area contributed by atoms with Gasteiger partial charge in [0, 0.05) is 0 Å². The van der Waals surface area contributed by atoms with Crippen molar-refractivity contribution in [3.8, 4) is 17.4 Å². The molecule has 0 aliphatic heterocycles. The summed E-state index contributed by atoms with van der Waals surface area (Å²) in [6.07, 6.45) is 0. The molecule has 0 unspecified atom stereocenters. The van der Waals surface area contributed by atoms with Crippen LogP contribution in [0.25, 0.3) is 11.2 Å². The molecule has 132 valence electrons. The number of nitrogen functional groups attached to an aromatic ring is 1. The van der Waals surface area contributed by atoms with E-state index >= 15 is 0 Å². The average molecular weight is 431 g/mol. The summed E-state index contributed by atoms with van der Waals surface area (Å²) >= 11 is 9.68. The van der Waals surface area contributed by atoms with E-state index in [2.05, 4.69) is 41.2 Å². The highest BCUT2D eigenvalue weighted by atomic mass is 79.9. The number of pyridine rings is 1. The van der Waals surface area contributed by atoms with Crippen LogP contribution in [-0.2, 0) is 6.54 Å². The van der Waals surface area contributed by atoms with Gasteiger partial charge in [-0.1, -0.05) is 16.8 Å². The monoisotopic (exact) mass is 429 g/mol. The van der Waals surface area contributed by atoms with Gasteiger partial charge in [0.1, 0.15) is 9.63 Å². The molecule has 0 aromatic carbocycles. The number of rotatable bonds is 5. The van der Waals surface area contributed by atoms with E-state index in [1.165, 1.54) is 26.0 Å². The van der Waals surface area contributed by atoms with E-state index < -0.39 is 0 Å². The average Bonchev–Trinajstić information content (AvgIpc) is 2.99. The third-order valence-corrected chi connectivity index (χ3v) is 4.27. The smallest absolute Gasteiger partial charge is 0.261 e. The highest BCUT2D eigenvalue weighted by Crippen LogP contribution is 2.42. The molecule has 3 aromatic heterocycles. The van der Waals surface area contributed by atoms with E-state index in [4.69, 9.17) is 31.5 Å². The van der Waals surface area contributed by atoms with Gasteiger partial charge in [-0.2, -0.15) is 4.98 Å². The summed E-state index contributed by atoms with van der Waals surface area (Å²) in [5.74, 6) is 0.938. The maximum atomic E-state index is 6.40. The Kier molecular flexibility index (Phi) is 4.77. The molecular formula is C13H13BrClN7O3. The molecule has 10 nitrogen and oxygen atoms in total. The second-order valence-corrected chi connectivity index (χ2v) is 5.87. The Morgan fingerprint density at radius 2 is 1.80 bits per heavy atom. The van der Waals surface area contributed by atoms with Gasteiger partial charge in [-0.05, 0) is 15.9 Å². The van der Waals surface area contributed by atoms with Crippen LogP contribution in [0.2, 0.25) is 5.02 Å². The third-order valence-electron chi connectivity index (χ3n) is 3.33. The van der Waals surface area contributed by atoms with Gasteiger partial charge in [-0.25, -0.2) is 14.6 Å². The second-order valence-electron chi connectivity index (χ2n) is 4.74. The van der Waals surface area contributed by atoms with Crippen molar-refractivity contribution in [3.05, 3.63) is 15.3 Å². The molecule has 0 fully saturated rings. The Bertz CT molecular complexity index is 949. The van der Waals surface area contributed by atoms with Gasteiger partial charge < -0.3 is 19.9 Å². The molecule has 3 aromatic rings. The van der Waals surface area contributed by atoms with Crippen LogP contribution in [0.4, 0.5) is 5.95 Å². The number of aromatic nitrogens is 6. The summed E-state index contributed by atoms with van der Waals surface area (Å²) in [7, 11) is 4.42. The number of hydrogen-bond acceptors (Lipinski definition) is 9. The van der Waals surface area contributed by atoms with Crippen LogP contribution in [0.15, 0.2) is 4.60 Å². The molecule has 0 spiro atoms. The summed E-state index contributed by atoms with van der Waals surface area (Å²) in [5.41, 5.74) is 7.03. The normalized spacial score (nSPS) is 10.9. The van der Waals surface area contributed by atoms with Crippen molar-refractivity contribution in [3.63, 3.8) is 0 Å². The molecule has 0 aliphatic carbocycles. The van der Waals surface area contributed by atoms with Crippen LogP contribution >= 0.6 is 27.5 Å². The molecular weight excluding hydrogens is 418 g/mol. The Labute approximate surface area is 155 Å². The lowest BCUT2D eigenvalue weighted by molar-refractivity contribution is 0.314. The molecule has 0 saturated carbocycles. The number of hydrogen-bond donors (Lipinski definition) is 1. The fourth-order valence-electron chi connectivity index (χ4n) is 2.24. The summed E-state index contributed by atoms with van der Waals surface area (Å²) in [5, 5.41) is 8.35. The standard InChI is InChI=1S/C13H13BrClN7O3/c1-23-8-6(15)5(17-12(25-3)9(8)24-2)4-22-11-7(20-21-22)10(14)18-13(16)19-11/h4H2,1-3H3,(H2,16,18,19). The van der Waals surface area contributed by atoms with Crippen LogP contribution in [0.5, 0.6) is 17.4 Å². The van der Waals surface area contributed by atoms with Crippen molar-refractivity contribution in [1.82, 2.24) is 29.9 Å². The first-order valence-electron chi connectivity index (χ1n) is 6.86. The number of halogens is 2. The quantitative estimate of drug-likeness (QED) is 0.602. The van der Waals surface area contributed by atoms with E-state index in [9.17, 15) is 0 Å². The van der Waals surface area contributed by atoms with Crippen LogP contribution in [-0.4, -0.2) is 51.3 Å². The second kappa shape index (κ2) is 6.84. The Morgan fingerprint density at radius 1 is 1.08 bits per heavy atom. The molecule has 0 bridgehead atoms. The van der Waals surface area contributed by atoms with Gasteiger partial charge in [0.15, 0.2) is 16.9 Å². The van der Waals surface area contributed by atoms with Crippen molar-refractivity contribution < 1.29 is 14.2 Å². The molecule has 0 aliphatic rings. The molecule has 0 radical (unpaired) electrons. The zero-order chi connectivity index (χ0) is 18.1. The number of nitrogens with zero attached hydrogens (tertiary/aromatic N) is 6. The van der Waals surface area contributed by atoms with Gasteiger partial charge in [0.2, 0.25) is 11.7 Å². The summed E-state index contributed by atoms with van der Waals surface area (Å²) in [6.45, 7) is 0.162. The van der Waals surface area contributed by atoms with Gasteiger partial charge in [-0.3, -0.25) is 0 Å². The maximum absolute atomic E-state index is 6.40. The number of nitrogens with two attached hydrogens (primary N) is 1. The largest absolute Gasteiger partial charge is 0.491 e. The Morgan fingerprint density at radius 3 is 2.44 bits per heavy atom. The molecule has 0 saturated heterocycles. The third kappa shape index (κ3) is 3.00. The summed E-state index contributed by atoms with van der Waals surface area (Å²) in [6, 6.07) is 0. The Hall–Kier alpha value is -2.40. The van der Waals surface area contributed by atoms with Gasteiger partial charge in [-0.15, -0.1) is 5.10 Å². The van der Waals surface area contributed by atoms with Gasteiger partial charge >= 0.3 is 0 Å². The van der Waals surface area contributed by atoms with Crippen molar-refractivity contribution in [2.45, 2.75) is 6.54 Å². The Balaban J connectivity index is 2.12. The number of anilines is 1. The molecule has 3 rings (SSSR count). The fraction of sp³-hybridized carbons (Fsp3) is 0.308. The summed E-state index contributed by atoms with van der Waals surface area (Å²) < 4.78 is 17.8. The predicted octanol–water partition coefficient (Wildman–Crippen LogP) is 1.69.